The van der Waals surface area contributed by atoms with Crippen LogP contribution >= 0.6 is 0 Å². The summed E-state index contributed by atoms with van der Waals surface area (Å²) in [5, 5.41) is 8.48. The number of hydrogen-bond donors (Lipinski definition) is 3. The van der Waals surface area contributed by atoms with Gasteiger partial charge in [-0.25, -0.2) is 4.79 Å². The van der Waals surface area contributed by atoms with Crippen LogP contribution in [0.15, 0.2) is 0 Å². The van der Waals surface area contributed by atoms with E-state index in [-0.39, 0.29) is 6.03 Å². The lowest BCUT2D eigenvalue weighted by Gasteiger charge is -2.07. The first kappa shape index (κ1) is 16.1. The highest BCUT2D eigenvalue weighted by Crippen LogP contribution is 1.78. The number of amides is 2. The molecule has 0 atom stereocenters. The van der Waals surface area contributed by atoms with E-state index in [4.69, 9.17) is 9.47 Å². The van der Waals surface area contributed by atoms with Crippen molar-refractivity contribution < 1.29 is 14.3 Å². The maximum Gasteiger partial charge on any atom is 0.314 e. The summed E-state index contributed by atoms with van der Waals surface area (Å²) in [6, 6.07) is -0.155. The average Bonchev–Trinajstić information content (AvgIpc) is 2.32. The Morgan fingerprint density at radius 1 is 0.882 bits per heavy atom. The van der Waals surface area contributed by atoms with E-state index in [2.05, 4.69) is 22.9 Å². The molecule has 0 aliphatic carbocycles. The highest BCUT2D eigenvalue weighted by molar-refractivity contribution is 5.73. The van der Waals surface area contributed by atoms with Gasteiger partial charge in [-0.05, 0) is 13.5 Å². The van der Waals surface area contributed by atoms with Gasteiger partial charge in [0.1, 0.15) is 0 Å². The van der Waals surface area contributed by atoms with Gasteiger partial charge < -0.3 is 25.4 Å². The molecule has 0 radical (unpaired) electrons. The Hall–Kier alpha value is -0.850. The van der Waals surface area contributed by atoms with Gasteiger partial charge in [0.15, 0.2) is 0 Å². The lowest BCUT2D eigenvalue weighted by molar-refractivity contribution is 0.0506. The Balaban J connectivity index is 3.01. The second-order valence-corrected chi connectivity index (χ2v) is 3.36. The zero-order chi connectivity index (χ0) is 12.8. The Kier molecular flexibility index (Phi) is 12.6. The number of urea groups is 1. The van der Waals surface area contributed by atoms with Crippen LogP contribution in [0.1, 0.15) is 13.8 Å². The van der Waals surface area contributed by atoms with E-state index in [0.717, 1.165) is 13.1 Å². The van der Waals surface area contributed by atoms with Crippen LogP contribution in [0.25, 0.3) is 0 Å². The molecule has 0 rings (SSSR count). The van der Waals surface area contributed by atoms with Gasteiger partial charge >= 0.3 is 6.03 Å². The first-order chi connectivity index (χ1) is 8.31. The van der Waals surface area contributed by atoms with Crippen molar-refractivity contribution in [2.75, 3.05) is 52.6 Å². The molecule has 0 aromatic rings. The van der Waals surface area contributed by atoms with Crippen LogP contribution in [0.5, 0.6) is 0 Å². The van der Waals surface area contributed by atoms with Crippen LogP contribution in [0.2, 0.25) is 0 Å². The van der Waals surface area contributed by atoms with Crippen LogP contribution in [-0.4, -0.2) is 58.6 Å². The number of carbonyl (C=O) groups is 1. The maximum atomic E-state index is 11.0. The quantitative estimate of drug-likeness (QED) is 0.448. The Morgan fingerprint density at radius 3 is 2.12 bits per heavy atom. The Labute approximate surface area is 103 Å². The molecule has 0 unspecified atom stereocenters. The average molecular weight is 247 g/mol. The van der Waals surface area contributed by atoms with Crippen LogP contribution in [-0.2, 0) is 9.47 Å². The summed E-state index contributed by atoms with van der Waals surface area (Å²) in [6.07, 6.45) is 0. The molecule has 6 nitrogen and oxygen atoms in total. The minimum absolute atomic E-state index is 0.155. The van der Waals surface area contributed by atoms with Crippen molar-refractivity contribution in [3.63, 3.8) is 0 Å². The smallest absolute Gasteiger partial charge is 0.314 e. The fourth-order valence-corrected chi connectivity index (χ4v) is 1.10. The molecular weight excluding hydrogens is 222 g/mol. The van der Waals surface area contributed by atoms with Crippen LogP contribution in [0.3, 0.4) is 0 Å². The maximum absolute atomic E-state index is 11.0. The summed E-state index contributed by atoms with van der Waals surface area (Å²) in [6.45, 7) is 9.28. The molecule has 0 bridgehead atoms. The Bertz CT molecular complexity index is 179. The topological polar surface area (TPSA) is 71.6 Å². The highest BCUT2D eigenvalue weighted by Gasteiger charge is 1.95. The number of likely N-dealkylation sites (N-methyl/N-ethyl adjacent to an activating group) is 1. The fourth-order valence-electron chi connectivity index (χ4n) is 1.10. The highest BCUT2D eigenvalue weighted by atomic mass is 16.5. The normalized spacial score (nSPS) is 10.2. The minimum atomic E-state index is -0.155. The van der Waals surface area contributed by atoms with Crippen molar-refractivity contribution in [1.82, 2.24) is 16.0 Å². The molecule has 6 heteroatoms. The number of carbonyl (C=O) groups excluding carboxylic acids is 1. The molecule has 0 spiro atoms. The summed E-state index contributed by atoms with van der Waals surface area (Å²) in [4.78, 5) is 11.0. The molecule has 0 saturated heterocycles. The molecule has 3 N–H and O–H groups in total. The van der Waals surface area contributed by atoms with Crippen molar-refractivity contribution >= 4 is 6.03 Å². The molecule has 0 aliphatic rings. The van der Waals surface area contributed by atoms with Gasteiger partial charge in [0, 0.05) is 19.6 Å². The van der Waals surface area contributed by atoms with E-state index in [0.29, 0.717) is 39.5 Å². The fraction of sp³-hybridized carbons (Fsp3) is 0.909. The van der Waals surface area contributed by atoms with Gasteiger partial charge in [-0.1, -0.05) is 6.92 Å². The molecule has 102 valence electrons. The van der Waals surface area contributed by atoms with E-state index in [1.165, 1.54) is 0 Å². The summed E-state index contributed by atoms with van der Waals surface area (Å²) in [5.74, 6) is 0. The number of ether oxygens (including phenoxy) is 2. The third-order valence-electron chi connectivity index (χ3n) is 1.91. The summed E-state index contributed by atoms with van der Waals surface area (Å²) < 4.78 is 10.6. The molecule has 2 amide bonds. The van der Waals surface area contributed by atoms with Crippen molar-refractivity contribution in [2.24, 2.45) is 0 Å². The molecular formula is C11H25N3O3. The van der Waals surface area contributed by atoms with E-state index < -0.39 is 0 Å². The first-order valence-corrected chi connectivity index (χ1v) is 6.19. The molecule has 0 aromatic heterocycles. The van der Waals surface area contributed by atoms with Gasteiger partial charge in [-0.15, -0.1) is 0 Å². The van der Waals surface area contributed by atoms with E-state index >= 15 is 0 Å². The van der Waals surface area contributed by atoms with E-state index in [9.17, 15) is 4.79 Å². The molecule has 0 aliphatic heterocycles. The molecule has 17 heavy (non-hydrogen) atoms. The van der Waals surface area contributed by atoms with Gasteiger partial charge in [-0.3, -0.25) is 0 Å². The summed E-state index contributed by atoms with van der Waals surface area (Å²) >= 11 is 0. The van der Waals surface area contributed by atoms with Crippen molar-refractivity contribution in [1.29, 1.82) is 0 Å². The third kappa shape index (κ3) is 13.1. The largest absolute Gasteiger partial charge is 0.378 e. The molecule has 0 heterocycles. The monoisotopic (exact) mass is 247 g/mol. The lowest BCUT2D eigenvalue weighted by Crippen LogP contribution is -2.37. The van der Waals surface area contributed by atoms with Crippen LogP contribution in [0.4, 0.5) is 4.79 Å². The zero-order valence-electron chi connectivity index (χ0n) is 10.9. The Morgan fingerprint density at radius 2 is 1.53 bits per heavy atom. The molecule has 0 saturated carbocycles. The number of nitrogens with one attached hydrogen (secondary N) is 3. The van der Waals surface area contributed by atoms with Crippen molar-refractivity contribution in [3.05, 3.63) is 0 Å². The van der Waals surface area contributed by atoms with Crippen molar-refractivity contribution in [2.45, 2.75) is 13.8 Å². The predicted molar refractivity (Wildman–Crippen MR) is 67.3 cm³/mol. The second kappa shape index (κ2) is 13.2. The minimum Gasteiger partial charge on any atom is -0.378 e. The van der Waals surface area contributed by atoms with Crippen LogP contribution in [0, 0.1) is 0 Å². The van der Waals surface area contributed by atoms with Crippen molar-refractivity contribution in [3.8, 4) is 0 Å². The summed E-state index contributed by atoms with van der Waals surface area (Å²) in [5.41, 5.74) is 0. The number of rotatable bonds is 11. The van der Waals surface area contributed by atoms with Gasteiger partial charge in [0.25, 0.3) is 0 Å². The zero-order valence-corrected chi connectivity index (χ0v) is 10.9. The summed E-state index contributed by atoms with van der Waals surface area (Å²) in [7, 11) is 0. The molecule has 0 fully saturated rings. The first-order valence-electron chi connectivity index (χ1n) is 6.19. The van der Waals surface area contributed by atoms with E-state index in [1.54, 1.807) is 0 Å². The standard InChI is InChI=1S/C11H25N3O3/c1-3-12-5-7-16-9-10-17-8-6-14-11(15)13-4-2/h12H,3-10H2,1-2H3,(H2,13,14,15). The number of hydrogen-bond acceptors (Lipinski definition) is 4. The van der Waals surface area contributed by atoms with Gasteiger partial charge in [0.2, 0.25) is 0 Å². The lowest BCUT2D eigenvalue weighted by atomic mass is 10.6. The van der Waals surface area contributed by atoms with Gasteiger partial charge in [0.05, 0.1) is 26.4 Å². The predicted octanol–water partition coefficient (Wildman–Crippen LogP) is -0.0518. The van der Waals surface area contributed by atoms with Gasteiger partial charge in [-0.2, -0.15) is 0 Å². The molecule has 0 aromatic carbocycles. The second-order valence-electron chi connectivity index (χ2n) is 3.36. The van der Waals surface area contributed by atoms with Crippen LogP contribution < -0.4 is 16.0 Å². The SMILES string of the molecule is CCNCCOCCOCCNC(=O)NCC. The third-order valence-corrected chi connectivity index (χ3v) is 1.91. The van der Waals surface area contributed by atoms with E-state index in [1.807, 2.05) is 6.92 Å².